The van der Waals surface area contributed by atoms with Crippen molar-refractivity contribution >= 4 is 5.97 Å². The van der Waals surface area contributed by atoms with Crippen LogP contribution < -0.4 is 0 Å². The van der Waals surface area contributed by atoms with Crippen LogP contribution in [-0.2, 0) is 9.53 Å². The lowest BCUT2D eigenvalue weighted by atomic mass is 9.45. The zero-order valence-electron chi connectivity index (χ0n) is 13.0. The molecule has 0 radical (unpaired) electrons. The van der Waals surface area contributed by atoms with Crippen molar-refractivity contribution in [3.8, 4) is 0 Å². The van der Waals surface area contributed by atoms with Gasteiger partial charge >= 0.3 is 5.97 Å². The van der Waals surface area contributed by atoms with E-state index in [9.17, 15) is 9.90 Å². The molecule has 0 spiro atoms. The molecule has 3 fully saturated rings. The largest absolute Gasteiger partial charge is 0.515 e. The number of aliphatic hydroxyl groups excluding tert-OH is 1. The Morgan fingerprint density at radius 1 is 1.20 bits per heavy atom. The van der Waals surface area contributed by atoms with E-state index in [0.717, 1.165) is 25.5 Å². The number of hydrogen-bond donors (Lipinski definition) is 1. The fourth-order valence-electron chi connectivity index (χ4n) is 5.81. The highest BCUT2D eigenvalue weighted by Crippen LogP contribution is 2.65. The molecule has 2 saturated carbocycles. The number of ether oxygens (including phenoxy) is 1. The van der Waals surface area contributed by atoms with Gasteiger partial charge in [-0.2, -0.15) is 0 Å². The first-order valence-electron chi connectivity index (χ1n) is 7.82. The van der Waals surface area contributed by atoms with E-state index >= 15 is 0 Å². The topological polar surface area (TPSA) is 46.5 Å². The number of hydrogen-bond acceptors (Lipinski definition) is 3. The van der Waals surface area contributed by atoms with Crippen molar-refractivity contribution in [2.75, 3.05) is 0 Å². The van der Waals surface area contributed by atoms with Gasteiger partial charge in [0.25, 0.3) is 0 Å². The first-order valence-corrected chi connectivity index (χ1v) is 7.82. The van der Waals surface area contributed by atoms with Crippen molar-refractivity contribution in [2.45, 2.75) is 65.4 Å². The second-order valence-electron chi connectivity index (χ2n) is 8.16. The molecule has 1 aliphatic heterocycles. The molecule has 1 N–H and O–H groups in total. The third-order valence-corrected chi connectivity index (χ3v) is 6.49. The van der Waals surface area contributed by atoms with E-state index in [-0.39, 0.29) is 17.3 Å². The molecular formula is C17H26O3. The SMILES string of the molecule is CC1(C)CCC[C@@]2(C)C1CC[C@@]1(C)OC(=O)/C(=C\O)C21. The lowest BCUT2D eigenvalue weighted by Crippen LogP contribution is -2.56. The summed E-state index contributed by atoms with van der Waals surface area (Å²) in [6.45, 7) is 9.08. The van der Waals surface area contributed by atoms with Crippen LogP contribution in [0.15, 0.2) is 11.8 Å². The van der Waals surface area contributed by atoms with Gasteiger partial charge in [0.15, 0.2) is 0 Å². The summed E-state index contributed by atoms with van der Waals surface area (Å²) in [6, 6.07) is 0. The number of rotatable bonds is 0. The summed E-state index contributed by atoms with van der Waals surface area (Å²) in [4.78, 5) is 12.1. The number of carbonyl (C=O) groups is 1. The fraction of sp³-hybridized carbons (Fsp3) is 0.824. The van der Waals surface area contributed by atoms with Gasteiger partial charge in [0.05, 0.1) is 11.8 Å². The van der Waals surface area contributed by atoms with E-state index in [1.165, 1.54) is 12.8 Å². The minimum absolute atomic E-state index is 0.0332. The summed E-state index contributed by atoms with van der Waals surface area (Å²) in [5.41, 5.74) is 0.428. The maximum atomic E-state index is 12.1. The van der Waals surface area contributed by atoms with Crippen LogP contribution >= 0.6 is 0 Å². The first kappa shape index (κ1) is 14.0. The molecule has 1 heterocycles. The maximum absolute atomic E-state index is 12.1. The predicted octanol–water partition coefficient (Wildman–Crippen LogP) is 3.99. The molecule has 20 heavy (non-hydrogen) atoms. The number of esters is 1. The zero-order chi connectivity index (χ0) is 14.8. The Morgan fingerprint density at radius 2 is 1.90 bits per heavy atom. The molecule has 112 valence electrons. The normalized spacial score (nSPS) is 48.6. The van der Waals surface area contributed by atoms with Crippen LogP contribution in [0.1, 0.15) is 59.8 Å². The second kappa shape index (κ2) is 4.02. The van der Waals surface area contributed by atoms with Gasteiger partial charge in [-0.25, -0.2) is 4.79 Å². The lowest BCUT2D eigenvalue weighted by molar-refractivity contribution is -0.164. The highest BCUT2D eigenvalue weighted by molar-refractivity contribution is 5.92. The fourth-order valence-corrected chi connectivity index (χ4v) is 5.81. The molecular weight excluding hydrogens is 252 g/mol. The Balaban J connectivity index is 2.10. The van der Waals surface area contributed by atoms with E-state index in [4.69, 9.17) is 4.74 Å². The van der Waals surface area contributed by atoms with E-state index < -0.39 is 5.60 Å². The van der Waals surface area contributed by atoms with Crippen LogP contribution in [-0.4, -0.2) is 16.7 Å². The molecule has 2 unspecified atom stereocenters. The van der Waals surface area contributed by atoms with Crippen molar-refractivity contribution in [3.63, 3.8) is 0 Å². The highest BCUT2D eigenvalue weighted by Gasteiger charge is 2.64. The number of aliphatic hydroxyl groups is 1. The standard InChI is InChI=1S/C17H26O3/c1-15(2)7-5-8-16(3)12(15)6-9-17(4)13(16)11(10-18)14(19)20-17/h10,12-13,18H,5-9H2,1-4H3/b11-10-/t12?,13?,16-,17+/m0/s1. The molecule has 4 atom stereocenters. The van der Waals surface area contributed by atoms with E-state index in [0.29, 0.717) is 16.9 Å². The molecule has 0 bridgehead atoms. The third kappa shape index (κ3) is 1.61. The van der Waals surface area contributed by atoms with Crippen LogP contribution in [0.5, 0.6) is 0 Å². The van der Waals surface area contributed by atoms with E-state index in [2.05, 4.69) is 27.7 Å². The molecule has 3 rings (SSSR count). The van der Waals surface area contributed by atoms with Crippen LogP contribution in [0.3, 0.4) is 0 Å². The van der Waals surface area contributed by atoms with Crippen LogP contribution in [0, 0.1) is 22.7 Å². The van der Waals surface area contributed by atoms with Gasteiger partial charge in [0, 0.05) is 5.92 Å². The van der Waals surface area contributed by atoms with Crippen LogP contribution in [0.4, 0.5) is 0 Å². The molecule has 0 aromatic heterocycles. The summed E-state index contributed by atoms with van der Waals surface area (Å²) >= 11 is 0. The summed E-state index contributed by atoms with van der Waals surface area (Å²) in [6.07, 6.45) is 6.60. The Hall–Kier alpha value is -0.990. The number of fused-ring (bicyclic) bond motifs is 3. The molecule has 3 aliphatic rings. The summed E-state index contributed by atoms with van der Waals surface area (Å²) in [5, 5.41) is 9.56. The summed E-state index contributed by atoms with van der Waals surface area (Å²) in [7, 11) is 0. The van der Waals surface area contributed by atoms with Crippen LogP contribution in [0.2, 0.25) is 0 Å². The van der Waals surface area contributed by atoms with Crippen LogP contribution in [0.25, 0.3) is 0 Å². The minimum atomic E-state index is -0.426. The van der Waals surface area contributed by atoms with Gasteiger partial charge in [-0.1, -0.05) is 27.2 Å². The van der Waals surface area contributed by atoms with Crippen molar-refractivity contribution in [1.29, 1.82) is 0 Å². The lowest BCUT2D eigenvalue weighted by Gasteiger charge is -2.59. The van der Waals surface area contributed by atoms with Crippen molar-refractivity contribution in [3.05, 3.63) is 11.8 Å². The minimum Gasteiger partial charge on any atom is -0.515 e. The zero-order valence-corrected chi connectivity index (χ0v) is 13.0. The molecule has 1 saturated heterocycles. The van der Waals surface area contributed by atoms with Gasteiger partial charge in [-0.3, -0.25) is 0 Å². The molecule has 2 aliphatic carbocycles. The Kier molecular flexibility index (Phi) is 2.81. The van der Waals surface area contributed by atoms with Crippen molar-refractivity contribution in [2.24, 2.45) is 22.7 Å². The van der Waals surface area contributed by atoms with Crippen molar-refractivity contribution in [1.82, 2.24) is 0 Å². The van der Waals surface area contributed by atoms with Gasteiger partial charge in [0.2, 0.25) is 0 Å². The third-order valence-electron chi connectivity index (χ3n) is 6.49. The first-order chi connectivity index (χ1) is 9.24. The molecule has 0 aromatic carbocycles. The maximum Gasteiger partial charge on any atom is 0.338 e. The second-order valence-corrected chi connectivity index (χ2v) is 8.16. The highest BCUT2D eigenvalue weighted by atomic mass is 16.6. The predicted molar refractivity (Wildman–Crippen MR) is 77.2 cm³/mol. The number of carbonyl (C=O) groups excluding carboxylic acids is 1. The summed E-state index contributed by atoms with van der Waals surface area (Å²) < 4.78 is 5.67. The Bertz CT molecular complexity index is 479. The van der Waals surface area contributed by atoms with E-state index in [1.54, 1.807) is 0 Å². The monoisotopic (exact) mass is 278 g/mol. The average molecular weight is 278 g/mol. The smallest absolute Gasteiger partial charge is 0.338 e. The molecule has 0 amide bonds. The summed E-state index contributed by atoms with van der Waals surface area (Å²) in [5.74, 6) is 0.308. The molecule has 3 heteroatoms. The van der Waals surface area contributed by atoms with Gasteiger partial charge in [0.1, 0.15) is 5.60 Å². The van der Waals surface area contributed by atoms with Crippen molar-refractivity contribution < 1.29 is 14.6 Å². The van der Waals surface area contributed by atoms with Gasteiger partial charge in [-0.15, -0.1) is 0 Å². The quantitative estimate of drug-likeness (QED) is 0.414. The van der Waals surface area contributed by atoms with Gasteiger partial charge in [-0.05, 0) is 49.4 Å². The Morgan fingerprint density at radius 3 is 2.55 bits per heavy atom. The van der Waals surface area contributed by atoms with E-state index in [1.807, 2.05) is 0 Å². The molecule has 0 aromatic rings. The average Bonchev–Trinajstić information content (AvgIpc) is 2.59. The van der Waals surface area contributed by atoms with Gasteiger partial charge < -0.3 is 9.84 Å². The molecule has 3 nitrogen and oxygen atoms in total. The Labute approximate surface area is 121 Å².